The van der Waals surface area contributed by atoms with Crippen LogP contribution in [-0.4, -0.2) is 5.51 Å². The van der Waals surface area contributed by atoms with Crippen molar-refractivity contribution < 1.29 is 13.2 Å². The first-order valence-corrected chi connectivity index (χ1v) is 7.75. The lowest BCUT2D eigenvalue weighted by Gasteiger charge is -2.23. The summed E-state index contributed by atoms with van der Waals surface area (Å²) in [5.74, 6) is 0.500. The van der Waals surface area contributed by atoms with Crippen LogP contribution in [0.15, 0.2) is 59.7 Å². The zero-order valence-corrected chi connectivity index (χ0v) is 13.2. The smallest absolute Gasteiger partial charge is 0.359 e. The molecule has 22 heavy (non-hydrogen) atoms. The Bertz CT molecular complexity index is 617. The number of hydrogen-bond donors (Lipinski definition) is 1. The molecule has 1 atom stereocenters. The van der Waals surface area contributed by atoms with Crippen molar-refractivity contribution in [3.63, 3.8) is 0 Å². The Balaban J connectivity index is 2.10. The summed E-state index contributed by atoms with van der Waals surface area (Å²) in [5, 5.41) is 3.20. The highest BCUT2D eigenvalue weighted by molar-refractivity contribution is 8.00. The fourth-order valence-corrected chi connectivity index (χ4v) is 3.09. The molecular weight excluding hydrogens is 307 g/mol. The molecule has 0 radical (unpaired) electrons. The number of rotatable bonds is 4. The Morgan fingerprint density at radius 1 is 1.32 bits per heavy atom. The molecule has 0 heterocycles. The third kappa shape index (κ3) is 4.98. The van der Waals surface area contributed by atoms with Gasteiger partial charge in [-0.05, 0) is 54.3 Å². The first-order chi connectivity index (χ1) is 10.2. The van der Waals surface area contributed by atoms with Gasteiger partial charge in [-0.3, -0.25) is 0 Å². The standard InChI is InChI=1S/C17H18F3NS/c1-11-7-12(2)9-15(8-11)21-13(3)14-5-4-6-16(10-14)22-17(18,19)20/h4-6,8,10,12,21H,1,3,7,9H2,2H3. The summed E-state index contributed by atoms with van der Waals surface area (Å²) in [5.41, 5.74) is -0.985. The second-order valence-corrected chi connectivity index (χ2v) is 6.66. The highest BCUT2D eigenvalue weighted by Crippen LogP contribution is 2.37. The Morgan fingerprint density at radius 2 is 2.05 bits per heavy atom. The molecule has 1 unspecified atom stereocenters. The first kappa shape index (κ1) is 16.7. The van der Waals surface area contributed by atoms with Crippen molar-refractivity contribution in [3.8, 4) is 0 Å². The lowest BCUT2D eigenvalue weighted by Crippen LogP contribution is -2.17. The third-order valence-corrected chi connectivity index (χ3v) is 4.01. The van der Waals surface area contributed by atoms with Gasteiger partial charge in [-0.25, -0.2) is 0 Å². The van der Waals surface area contributed by atoms with Crippen LogP contribution >= 0.6 is 11.8 Å². The maximum atomic E-state index is 12.4. The van der Waals surface area contributed by atoms with E-state index in [0.717, 1.165) is 24.1 Å². The van der Waals surface area contributed by atoms with E-state index in [1.54, 1.807) is 12.1 Å². The van der Waals surface area contributed by atoms with E-state index >= 15 is 0 Å². The minimum Gasteiger partial charge on any atom is -0.359 e. The second-order valence-electron chi connectivity index (χ2n) is 5.52. The van der Waals surface area contributed by atoms with Crippen LogP contribution in [0.25, 0.3) is 5.70 Å². The van der Waals surface area contributed by atoms with Gasteiger partial charge in [-0.2, -0.15) is 13.2 Å². The largest absolute Gasteiger partial charge is 0.446 e. The number of halogens is 3. The molecule has 1 nitrogen and oxygen atoms in total. The van der Waals surface area contributed by atoms with Crippen molar-refractivity contribution >= 4 is 17.5 Å². The molecule has 2 rings (SSSR count). The van der Waals surface area contributed by atoms with Crippen LogP contribution in [0.1, 0.15) is 25.3 Å². The topological polar surface area (TPSA) is 12.0 Å². The Morgan fingerprint density at radius 3 is 2.68 bits per heavy atom. The van der Waals surface area contributed by atoms with Gasteiger partial charge in [0.05, 0.1) is 0 Å². The maximum Gasteiger partial charge on any atom is 0.446 e. The molecule has 0 aromatic heterocycles. The van der Waals surface area contributed by atoms with Gasteiger partial charge in [-0.1, -0.05) is 37.8 Å². The molecule has 0 saturated heterocycles. The average molecular weight is 325 g/mol. The van der Waals surface area contributed by atoms with Crippen LogP contribution < -0.4 is 5.32 Å². The number of thioether (sulfide) groups is 1. The average Bonchev–Trinajstić information content (AvgIpc) is 2.35. The Kier molecular flexibility index (Phi) is 5.06. The molecule has 1 N–H and O–H groups in total. The van der Waals surface area contributed by atoms with E-state index in [1.807, 2.05) is 6.08 Å². The summed E-state index contributed by atoms with van der Waals surface area (Å²) in [6.45, 7) is 10.1. The van der Waals surface area contributed by atoms with Crippen molar-refractivity contribution in [2.24, 2.45) is 5.92 Å². The lowest BCUT2D eigenvalue weighted by molar-refractivity contribution is -0.0328. The summed E-state index contributed by atoms with van der Waals surface area (Å²) in [6, 6.07) is 6.29. The summed E-state index contributed by atoms with van der Waals surface area (Å²) in [6.07, 6.45) is 3.84. The van der Waals surface area contributed by atoms with Crippen molar-refractivity contribution in [1.29, 1.82) is 0 Å². The van der Waals surface area contributed by atoms with E-state index in [-0.39, 0.29) is 16.7 Å². The molecule has 0 spiro atoms. The summed E-state index contributed by atoms with van der Waals surface area (Å²) in [4.78, 5) is 0.156. The number of nitrogens with one attached hydrogen (secondary N) is 1. The van der Waals surface area contributed by atoms with Crippen LogP contribution in [0, 0.1) is 5.92 Å². The van der Waals surface area contributed by atoms with Crippen molar-refractivity contribution in [3.05, 3.63) is 60.3 Å². The zero-order valence-electron chi connectivity index (χ0n) is 12.3. The molecule has 0 fully saturated rings. The van der Waals surface area contributed by atoms with Crippen molar-refractivity contribution in [1.82, 2.24) is 5.32 Å². The van der Waals surface area contributed by atoms with E-state index < -0.39 is 5.51 Å². The molecule has 0 bridgehead atoms. The highest BCUT2D eigenvalue weighted by atomic mass is 32.2. The SMILES string of the molecule is C=C1C=C(NC(=C)c2cccc(SC(F)(F)F)c2)CC(C)C1. The van der Waals surface area contributed by atoms with Gasteiger partial charge in [0.25, 0.3) is 0 Å². The van der Waals surface area contributed by atoms with Gasteiger partial charge in [0, 0.05) is 16.3 Å². The van der Waals surface area contributed by atoms with Gasteiger partial charge in [-0.15, -0.1) is 0 Å². The summed E-state index contributed by atoms with van der Waals surface area (Å²) >= 11 is -0.118. The maximum absolute atomic E-state index is 12.4. The molecule has 5 heteroatoms. The van der Waals surface area contributed by atoms with Crippen LogP contribution in [0.2, 0.25) is 0 Å². The molecule has 1 aromatic rings. The molecule has 1 aliphatic carbocycles. The lowest BCUT2D eigenvalue weighted by atomic mass is 9.91. The quantitative estimate of drug-likeness (QED) is 0.710. The second kappa shape index (κ2) is 6.65. The number of allylic oxidation sites excluding steroid dienone is 3. The van der Waals surface area contributed by atoms with Crippen molar-refractivity contribution in [2.45, 2.75) is 30.2 Å². The van der Waals surface area contributed by atoms with E-state index in [1.165, 1.54) is 12.1 Å². The van der Waals surface area contributed by atoms with E-state index in [9.17, 15) is 13.2 Å². The van der Waals surface area contributed by atoms with Gasteiger partial charge < -0.3 is 5.32 Å². The molecular formula is C17H18F3NS. The highest BCUT2D eigenvalue weighted by Gasteiger charge is 2.29. The van der Waals surface area contributed by atoms with Gasteiger partial charge >= 0.3 is 5.51 Å². The van der Waals surface area contributed by atoms with Crippen molar-refractivity contribution in [2.75, 3.05) is 0 Å². The molecule has 0 amide bonds. The third-order valence-electron chi connectivity index (χ3n) is 3.28. The molecule has 0 saturated carbocycles. The predicted molar refractivity (Wildman–Crippen MR) is 86.1 cm³/mol. The fourth-order valence-electron chi connectivity index (χ4n) is 2.49. The van der Waals surface area contributed by atoms with E-state index in [4.69, 9.17) is 0 Å². The zero-order chi connectivity index (χ0) is 16.3. The summed E-state index contributed by atoms with van der Waals surface area (Å²) < 4.78 is 37.3. The van der Waals surface area contributed by atoms with Crippen LogP contribution in [0.4, 0.5) is 13.2 Å². The molecule has 118 valence electrons. The minimum absolute atomic E-state index is 0.118. The van der Waals surface area contributed by atoms with Crippen LogP contribution in [0.5, 0.6) is 0 Å². The monoisotopic (exact) mass is 325 g/mol. The molecule has 0 aliphatic heterocycles. The van der Waals surface area contributed by atoms with Crippen LogP contribution in [-0.2, 0) is 0 Å². The Labute approximate surface area is 133 Å². The Hall–Kier alpha value is -1.62. The number of alkyl halides is 3. The van der Waals surface area contributed by atoms with Gasteiger partial charge in [0.1, 0.15) is 0 Å². The fraction of sp³-hybridized carbons (Fsp3) is 0.294. The minimum atomic E-state index is -4.29. The van der Waals surface area contributed by atoms with Crippen LogP contribution in [0.3, 0.4) is 0 Å². The number of benzene rings is 1. The van der Waals surface area contributed by atoms with E-state index in [2.05, 4.69) is 25.4 Å². The van der Waals surface area contributed by atoms with Gasteiger partial charge in [0.15, 0.2) is 0 Å². The normalized spacial score (nSPS) is 18.8. The molecule has 1 aliphatic rings. The van der Waals surface area contributed by atoms with Gasteiger partial charge in [0.2, 0.25) is 0 Å². The predicted octanol–water partition coefficient (Wildman–Crippen LogP) is 5.73. The summed E-state index contributed by atoms with van der Waals surface area (Å²) in [7, 11) is 0. The molecule has 1 aromatic carbocycles. The number of hydrogen-bond acceptors (Lipinski definition) is 2. The first-order valence-electron chi connectivity index (χ1n) is 6.93. The van der Waals surface area contributed by atoms with E-state index in [0.29, 0.717) is 17.2 Å².